The van der Waals surface area contributed by atoms with Crippen molar-refractivity contribution in [2.45, 2.75) is 31.3 Å². The van der Waals surface area contributed by atoms with Crippen LogP contribution in [0.1, 0.15) is 18.9 Å². The Balaban J connectivity index is 2.48. The molecule has 6 heteroatoms. The fraction of sp³-hybridized carbons (Fsp3) is 0.400. The summed E-state index contributed by atoms with van der Waals surface area (Å²) in [5.41, 5.74) is 1.64. The molecule has 0 bridgehead atoms. The molecule has 1 aromatic heterocycles. The molecule has 0 spiro atoms. The van der Waals surface area contributed by atoms with Gasteiger partial charge in [-0.2, -0.15) is 0 Å². The van der Waals surface area contributed by atoms with Gasteiger partial charge in [-0.1, -0.05) is 6.07 Å². The molecule has 0 aliphatic heterocycles. The first-order valence-corrected chi connectivity index (χ1v) is 8.27. The lowest BCUT2D eigenvalue weighted by molar-refractivity contribution is 0.177. The summed E-state index contributed by atoms with van der Waals surface area (Å²) in [7, 11) is -2.07. The molecule has 1 unspecified atom stereocenters. The molecule has 0 amide bonds. The summed E-state index contributed by atoms with van der Waals surface area (Å²) >= 11 is 0. The Labute approximate surface area is 125 Å². The van der Waals surface area contributed by atoms with E-state index in [1.807, 2.05) is 6.92 Å². The average molecular weight is 308 g/mol. The van der Waals surface area contributed by atoms with Crippen molar-refractivity contribution in [3.63, 3.8) is 0 Å². The molecule has 0 radical (unpaired) electrons. The first-order valence-electron chi connectivity index (χ1n) is 6.83. The van der Waals surface area contributed by atoms with Crippen LogP contribution >= 0.6 is 0 Å². The van der Waals surface area contributed by atoms with Crippen LogP contribution in [0.4, 0.5) is 0 Å². The van der Waals surface area contributed by atoms with E-state index in [9.17, 15) is 13.5 Å². The average Bonchev–Trinajstić information content (AvgIpc) is 2.45. The van der Waals surface area contributed by atoms with Gasteiger partial charge in [-0.15, -0.1) is 0 Å². The highest BCUT2D eigenvalue weighted by molar-refractivity contribution is 7.89. The van der Waals surface area contributed by atoms with Crippen LogP contribution in [-0.2, 0) is 10.0 Å². The predicted molar refractivity (Wildman–Crippen MR) is 82.6 cm³/mol. The van der Waals surface area contributed by atoms with E-state index in [0.717, 1.165) is 5.56 Å². The maximum Gasteiger partial charge on any atom is 0.243 e. The van der Waals surface area contributed by atoms with Gasteiger partial charge in [0.25, 0.3) is 0 Å². The molecule has 0 fully saturated rings. The molecule has 0 aliphatic carbocycles. The molecule has 1 heterocycles. The first kappa shape index (κ1) is 15.9. The van der Waals surface area contributed by atoms with E-state index in [4.69, 9.17) is 0 Å². The number of aryl methyl sites for hydroxylation is 1. The number of sulfonamides is 1. The monoisotopic (exact) mass is 308 g/mol. The summed E-state index contributed by atoms with van der Waals surface area (Å²) in [6.45, 7) is 3.82. The summed E-state index contributed by atoms with van der Waals surface area (Å²) in [6.07, 6.45) is 1.53. The van der Waals surface area contributed by atoms with Crippen molar-refractivity contribution >= 4 is 20.9 Å². The fourth-order valence-corrected chi connectivity index (χ4v) is 3.53. The zero-order valence-corrected chi connectivity index (χ0v) is 13.3. The van der Waals surface area contributed by atoms with Crippen molar-refractivity contribution in [2.24, 2.45) is 0 Å². The number of hydrogen-bond donors (Lipinski definition) is 1. The van der Waals surface area contributed by atoms with E-state index in [2.05, 4.69) is 4.98 Å². The van der Waals surface area contributed by atoms with Crippen LogP contribution in [-0.4, -0.2) is 42.5 Å². The Morgan fingerprint density at radius 2 is 2.05 bits per heavy atom. The molecule has 1 atom stereocenters. The Morgan fingerprint density at radius 1 is 1.33 bits per heavy atom. The minimum atomic E-state index is -3.60. The quantitative estimate of drug-likeness (QED) is 0.916. The maximum atomic E-state index is 12.7. The third kappa shape index (κ3) is 3.23. The highest BCUT2D eigenvalue weighted by Gasteiger charge is 2.23. The predicted octanol–water partition coefficient (Wildman–Crippen LogP) is 1.93. The van der Waals surface area contributed by atoms with Gasteiger partial charge in [0, 0.05) is 25.2 Å². The molecule has 1 N–H and O–H groups in total. The van der Waals surface area contributed by atoms with Gasteiger partial charge >= 0.3 is 0 Å². The number of fused-ring (bicyclic) bond motifs is 1. The van der Waals surface area contributed by atoms with Gasteiger partial charge in [-0.25, -0.2) is 12.7 Å². The Hall–Kier alpha value is -1.50. The number of rotatable bonds is 5. The van der Waals surface area contributed by atoms with E-state index >= 15 is 0 Å². The van der Waals surface area contributed by atoms with Crippen molar-refractivity contribution in [3.05, 3.63) is 36.0 Å². The second kappa shape index (κ2) is 6.09. The Bertz CT molecular complexity index is 742. The third-order valence-corrected chi connectivity index (χ3v) is 5.40. The molecule has 0 saturated heterocycles. The number of aliphatic hydroxyl groups excluding tert-OH is 1. The van der Waals surface area contributed by atoms with E-state index in [-0.39, 0.29) is 11.4 Å². The summed E-state index contributed by atoms with van der Waals surface area (Å²) in [5.74, 6) is 0. The third-order valence-electron chi connectivity index (χ3n) is 3.48. The molecular weight excluding hydrogens is 288 g/mol. The summed E-state index contributed by atoms with van der Waals surface area (Å²) in [6, 6.07) is 6.89. The Kier molecular flexibility index (Phi) is 4.61. The molecule has 0 saturated carbocycles. The van der Waals surface area contributed by atoms with E-state index < -0.39 is 16.1 Å². The van der Waals surface area contributed by atoms with Gasteiger partial charge in [0.15, 0.2) is 0 Å². The van der Waals surface area contributed by atoms with Gasteiger partial charge < -0.3 is 5.11 Å². The van der Waals surface area contributed by atoms with Crippen LogP contribution in [0.25, 0.3) is 10.9 Å². The smallest absolute Gasteiger partial charge is 0.243 e. The van der Waals surface area contributed by atoms with E-state index in [1.54, 1.807) is 37.4 Å². The number of benzene rings is 1. The minimum absolute atomic E-state index is 0.254. The molecular formula is C15H20N2O3S. The van der Waals surface area contributed by atoms with Crippen molar-refractivity contribution in [2.75, 3.05) is 13.6 Å². The zero-order chi connectivity index (χ0) is 15.6. The molecule has 5 nitrogen and oxygen atoms in total. The van der Waals surface area contributed by atoms with Gasteiger partial charge in [0.1, 0.15) is 0 Å². The van der Waals surface area contributed by atoms with Crippen molar-refractivity contribution < 1.29 is 13.5 Å². The number of hydrogen-bond acceptors (Lipinski definition) is 4. The van der Waals surface area contributed by atoms with Gasteiger partial charge in [-0.05, 0) is 44.0 Å². The van der Waals surface area contributed by atoms with Crippen molar-refractivity contribution in [1.29, 1.82) is 0 Å². The highest BCUT2D eigenvalue weighted by atomic mass is 32.2. The highest BCUT2D eigenvalue weighted by Crippen LogP contribution is 2.26. The minimum Gasteiger partial charge on any atom is -0.393 e. The first-order chi connectivity index (χ1) is 9.84. The summed E-state index contributed by atoms with van der Waals surface area (Å²) in [5, 5.41) is 9.94. The van der Waals surface area contributed by atoms with Crippen LogP contribution in [0.3, 0.4) is 0 Å². The second-order valence-electron chi connectivity index (χ2n) is 5.24. The number of aromatic nitrogens is 1. The van der Waals surface area contributed by atoms with E-state index in [1.165, 1.54) is 11.4 Å². The lowest BCUT2D eigenvalue weighted by atomic mass is 10.1. The molecule has 0 aliphatic rings. The summed E-state index contributed by atoms with van der Waals surface area (Å²) in [4.78, 5) is 4.52. The number of aliphatic hydroxyl groups is 1. The lowest BCUT2D eigenvalue weighted by Gasteiger charge is -2.19. The van der Waals surface area contributed by atoms with Gasteiger partial charge in [0.2, 0.25) is 10.0 Å². The van der Waals surface area contributed by atoms with Crippen LogP contribution in [0, 0.1) is 6.92 Å². The second-order valence-corrected chi connectivity index (χ2v) is 7.26. The van der Waals surface area contributed by atoms with Gasteiger partial charge in [-0.3, -0.25) is 4.98 Å². The van der Waals surface area contributed by atoms with Crippen LogP contribution in [0.5, 0.6) is 0 Å². The molecule has 1 aromatic carbocycles. The van der Waals surface area contributed by atoms with Crippen LogP contribution in [0.2, 0.25) is 0 Å². The van der Waals surface area contributed by atoms with Crippen molar-refractivity contribution in [1.82, 2.24) is 9.29 Å². The van der Waals surface area contributed by atoms with Crippen LogP contribution in [0.15, 0.2) is 35.4 Å². The molecule has 2 rings (SSSR count). The summed E-state index contributed by atoms with van der Waals surface area (Å²) < 4.78 is 26.6. The maximum absolute atomic E-state index is 12.7. The number of nitrogens with zero attached hydrogens (tertiary/aromatic N) is 2. The largest absolute Gasteiger partial charge is 0.393 e. The lowest BCUT2D eigenvalue weighted by Crippen LogP contribution is -2.29. The molecule has 2 aromatic rings. The van der Waals surface area contributed by atoms with Gasteiger partial charge in [0.05, 0.1) is 16.5 Å². The topological polar surface area (TPSA) is 70.5 Å². The standard InChI is InChI=1S/C15H20N2O3S/c1-11-6-7-14(13-5-4-9-16-15(11)13)21(19,20)17(3)10-8-12(2)18/h4-7,9,12,18H,8,10H2,1-3H3. The SMILES string of the molecule is Cc1ccc(S(=O)(=O)N(C)CCC(C)O)c2cccnc12. The van der Waals surface area contributed by atoms with E-state index in [0.29, 0.717) is 17.3 Å². The van der Waals surface area contributed by atoms with Crippen LogP contribution < -0.4 is 0 Å². The zero-order valence-electron chi connectivity index (χ0n) is 12.4. The number of pyridine rings is 1. The van der Waals surface area contributed by atoms with Crippen molar-refractivity contribution in [3.8, 4) is 0 Å². The Morgan fingerprint density at radius 3 is 2.71 bits per heavy atom. The fourth-order valence-electron chi connectivity index (χ4n) is 2.17. The molecule has 21 heavy (non-hydrogen) atoms. The normalized spacial score (nSPS) is 13.8. The molecule has 114 valence electrons.